The van der Waals surface area contributed by atoms with Crippen LogP contribution in [0.5, 0.6) is 11.5 Å². The van der Waals surface area contributed by atoms with Crippen molar-refractivity contribution in [3.63, 3.8) is 0 Å². The van der Waals surface area contributed by atoms with Gasteiger partial charge in [-0.1, -0.05) is 12.1 Å². The second kappa shape index (κ2) is 3.14. The summed E-state index contributed by atoms with van der Waals surface area (Å²) in [4.78, 5) is 11.3. The van der Waals surface area contributed by atoms with E-state index in [0.717, 1.165) is 5.56 Å². The number of fused-ring (bicyclic) bond motifs is 1. The Morgan fingerprint density at radius 3 is 2.69 bits per heavy atom. The summed E-state index contributed by atoms with van der Waals surface area (Å²) in [6, 6.07) is 5.47. The minimum absolute atomic E-state index is 0.486. The van der Waals surface area contributed by atoms with Gasteiger partial charge in [0.1, 0.15) is 13.2 Å². The topological polar surface area (TPSA) is 55.8 Å². The maximum absolute atomic E-state index is 11.3. The second-order valence-corrected chi connectivity index (χ2v) is 4.22. The Morgan fingerprint density at radius 1 is 1.25 bits per heavy atom. The molecule has 1 aliphatic heterocycles. The number of hydrogen-bond donors (Lipinski definition) is 1. The van der Waals surface area contributed by atoms with Gasteiger partial charge in [0.2, 0.25) is 0 Å². The molecule has 1 fully saturated rings. The van der Waals surface area contributed by atoms with Crippen molar-refractivity contribution < 1.29 is 19.4 Å². The van der Waals surface area contributed by atoms with Crippen LogP contribution in [0.15, 0.2) is 18.2 Å². The van der Waals surface area contributed by atoms with E-state index in [-0.39, 0.29) is 0 Å². The molecule has 2 aliphatic rings. The fourth-order valence-electron chi connectivity index (χ4n) is 2.17. The van der Waals surface area contributed by atoms with Crippen molar-refractivity contribution in [2.75, 3.05) is 13.2 Å². The molecule has 16 heavy (non-hydrogen) atoms. The highest BCUT2D eigenvalue weighted by molar-refractivity contribution is 5.86. The van der Waals surface area contributed by atoms with E-state index in [9.17, 15) is 9.90 Å². The fourth-order valence-corrected chi connectivity index (χ4v) is 2.17. The number of carboxylic acid groups (broad SMARTS) is 1. The third kappa shape index (κ3) is 1.19. The SMILES string of the molecule is O=C(O)C1(c2cccc3c2OCCO3)CC1. The molecule has 1 saturated carbocycles. The number of benzene rings is 1. The standard InChI is InChI=1S/C12H12O4/c13-11(14)12(4-5-12)8-2-1-3-9-10(8)16-7-6-15-9/h1-3H,4-7H2,(H,13,14). The second-order valence-electron chi connectivity index (χ2n) is 4.22. The van der Waals surface area contributed by atoms with E-state index in [1.54, 1.807) is 0 Å². The molecule has 0 amide bonds. The number of para-hydroxylation sites is 1. The quantitative estimate of drug-likeness (QED) is 0.822. The molecule has 84 valence electrons. The first kappa shape index (κ1) is 9.51. The van der Waals surface area contributed by atoms with E-state index < -0.39 is 11.4 Å². The lowest BCUT2D eigenvalue weighted by atomic mass is 9.94. The Morgan fingerprint density at radius 2 is 2.00 bits per heavy atom. The van der Waals surface area contributed by atoms with Gasteiger partial charge in [0, 0.05) is 5.56 Å². The molecule has 4 nitrogen and oxygen atoms in total. The van der Waals surface area contributed by atoms with Crippen molar-refractivity contribution in [2.45, 2.75) is 18.3 Å². The van der Waals surface area contributed by atoms with Gasteiger partial charge in [-0.15, -0.1) is 0 Å². The van der Waals surface area contributed by atoms with Crippen molar-refractivity contribution in [1.29, 1.82) is 0 Å². The molecule has 0 unspecified atom stereocenters. The Kier molecular flexibility index (Phi) is 1.87. The first-order valence-corrected chi connectivity index (χ1v) is 5.36. The molecule has 3 rings (SSSR count). The predicted octanol–water partition coefficient (Wildman–Crippen LogP) is 1.57. The lowest BCUT2D eigenvalue weighted by molar-refractivity contribution is -0.140. The fraction of sp³-hybridized carbons (Fsp3) is 0.417. The minimum Gasteiger partial charge on any atom is -0.486 e. The largest absolute Gasteiger partial charge is 0.486 e. The normalized spacial score (nSPS) is 20.2. The molecule has 0 spiro atoms. The predicted molar refractivity (Wildman–Crippen MR) is 56.0 cm³/mol. The number of ether oxygens (including phenoxy) is 2. The first-order valence-electron chi connectivity index (χ1n) is 5.36. The Labute approximate surface area is 92.8 Å². The van der Waals surface area contributed by atoms with Gasteiger partial charge < -0.3 is 14.6 Å². The lowest BCUT2D eigenvalue weighted by Gasteiger charge is -2.23. The van der Waals surface area contributed by atoms with Crippen LogP contribution in [0.25, 0.3) is 0 Å². The van der Waals surface area contributed by atoms with Gasteiger partial charge in [0.25, 0.3) is 0 Å². The molecular weight excluding hydrogens is 208 g/mol. The molecule has 0 bridgehead atoms. The van der Waals surface area contributed by atoms with Crippen LogP contribution in [0.3, 0.4) is 0 Å². The number of carboxylic acids is 1. The molecule has 1 aromatic rings. The van der Waals surface area contributed by atoms with E-state index >= 15 is 0 Å². The summed E-state index contributed by atoms with van der Waals surface area (Å²) in [5, 5.41) is 9.26. The van der Waals surface area contributed by atoms with Crippen LogP contribution in [0.1, 0.15) is 18.4 Å². The Hall–Kier alpha value is -1.71. The van der Waals surface area contributed by atoms with Crippen molar-refractivity contribution in [3.05, 3.63) is 23.8 Å². The van der Waals surface area contributed by atoms with E-state index in [0.29, 0.717) is 37.6 Å². The zero-order valence-corrected chi connectivity index (χ0v) is 8.73. The van der Waals surface area contributed by atoms with Gasteiger partial charge >= 0.3 is 5.97 Å². The summed E-state index contributed by atoms with van der Waals surface area (Å²) in [5.41, 5.74) is 0.0312. The van der Waals surface area contributed by atoms with E-state index in [2.05, 4.69) is 0 Å². The van der Waals surface area contributed by atoms with E-state index in [4.69, 9.17) is 9.47 Å². The van der Waals surface area contributed by atoms with Crippen molar-refractivity contribution in [2.24, 2.45) is 0 Å². The van der Waals surface area contributed by atoms with Gasteiger partial charge in [-0.05, 0) is 18.9 Å². The smallest absolute Gasteiger partial charge is 0.314 e. The summed E-state index contributed by atoms with van der Waals surface area (Å²) in [6.07, 6.45) is 1.37. The molecule has 1 heterocycles. The zero-order valence-electron chi connectivity index (χ0n) is 8.73. The first-order chi connectivity index (χ1) is 7.74. The number of hydrogen-bond acceptors (Lipinski definition) is 3. The summed E-state index contributed by atoms with van der Waals surface area (Å²) in [7, 11) is 0. The molecule has 0 atom stereocenters. The van der Waals surface area contributed by atoms with Crippen molar-refractivity contribution in [1.82, 2.24) is 0 Å². The average Bonchev–Trinajstić information content (AvgIpc) is 3.09. The van der Waals surface area contributed by atoms with Gasteiger partial charge in [0.15, 0.2) is 11.5 Å². The highest BCUT2D eigenvalue weighted by atomic mass is 16.6. The van der Waals surface area contributed by atoms with E-state index in [1.165, 1.54) is 0 Å². The molecule has 0 saturated heterocycles. The third-order valence-electron chi connectivity index (χ3n) is 3.24. The van der Waals surface area contributed by atoms with Crippen LogP contribution in [0.2, 0.25) is 0 Å². The Bertz CT molecular complexity index is 448. The van der Waals surface area contributed by atoms with Crippen LogP contribution >= 0.6 is 0 Å². The molecule has 0 radical (unpaired) electrons. The molecule has 4 heteroatoms. The summed E-state index contributed by atoms with van der Waals surface area (Å²) < 4.78 is 11.0. The monoisotopic (exact) mass is 220 g/mol. The maximum atomic E-state index is 11.3. The zero-order chi connectivity index (χ0) is 11.2. The molecule has 1 aliphatic carbocycles. The number of aliphatic carboxylic acids is 1. The number of carbonyl (C=O) groups is 1. The highest BCUT2D eigenvalue weighted by Gasteiger charge is 2.54. The summed E-state index contributed by atoms with van der Waals surface area (Å²) in [6.45, 7) is 1.01. The van der Waals surface area contributed by atoms with Crippen molar-refractivity contribution in [3.8, 4) is 11.5 Å². The van der Waals surface area contributed by atoms with Crippen LogP contribution < -0.4 is 9.47 Å². The summed E-state index contributed by atoms with van der Waals surface area (Å²) >= 11 is 0. The molecule has 0 aromatic heterocycles. The minimum atomic E-state index is -0.768. The van der Waals surface area contributed by atoms with Gasteiger partial charge in [0.05, 0.1) is 5.41 Å². The van der Waals surface area contributed by atoms with Gasteiger partial charge in [-0.3, -0.25) is 4.79 Å². The van der Waals surface area contributed by atoms with Gasteiger partial charge in [-0.2, -0.15) is 0 Å². The van der Waals surface area contributed by atoms with Crippen LogP contribution in [-0.2, 0) is 10.2 Å². The highest BCUT2D eigenvalue weighted by Crippen LogP contribution is 2.53. The summed E-state index contributed by atoms with van der Waals surface area (Å²) in [5.74, 6) is 0.514. The van der Waals surface area contributed by atoms with Gasteiger partial charge in [-0.25, -0.2) is 0 Å². The molecule has 1 N–H and O–H groups in total. The van der Waals surface area contributed by atoms with Crippen LogP contribution in [0, 0.1) is 0 Å². The Balaban J connectivity index is 2.11. The third-order valence-corrected chi connectivity index (χ3v) is 3.24. The maximum Gasteiger partial charge on any atom is 0.314 e. The molecule has 1 aromatic carbocycles. The molecular formula is C12H12O4. The van der Waals surface area contributed by atoms with Crippen LogP contribution in [-0.4, -0.2) is 24.3 Å². The van der Waals surface area contributed by atoms with Crippen molar-refractivity contribution >= 4 is 5.97 Å². The van der Waals surface area contributed by atoms with Crippen LogP contribution in [0.4, 0.5) is 0 Å². The van der Waals surface area contributed by atoms with E-state index in [1.807, 2.05) is 18.2 Å². The lowest BCUT2D eigenvalue weighted by Crippen LogP contribution is -2.23. The number of rotatable bonds is 2. The average molecular weight is 220 g/mol.